The summed E-state index contributed by atoms with van der Waals surface area (Å²) < 4.78 is 0. The van der Waals surface area contributed by atoms with Crippen LogP contribution in [0, 0.1) is 11.3 Å². The van der Waals surface area contributed by atoms with Gasteiger partial charge >= 0.3 is 0 Å². The van der Waals surface area contributed by atoms with Crippen molar-refractivity contribution >= 4 is 6.21 Å². The molecule has 0 spiro atoms. The van der Waals surface area contributed by atoms with E-state index in [1.807, 2.05) is 6.20 Å². The van der Waals surface area contributed by atoms with E-state index in [2.05, 4.69) is 38.1 Å². The van der Waals surface area contributed by atoms with Gasteiger partial charge in [0.15, 0.2) is 0 Å². The molecule has 0 radical (unpaired) electrons. The van der Waals surface area contributed by atoms with Crippen molar-refractivity contribution in [2.45, 2.75) is 33.6 Å². The Labute approximate surface area is 69.2 Å². The number of nitrogens with zero attached hydrogens (tertiary/aromatic N) is 1. The molecule has 1 heteroatoms. The lowest BCUT2D eigenvalue weighted by Gasteiger charge is -2.31. The van der Waals surface area contributed by atoms with E-state index in [-0.39, 0.29) is 0 Å². The lowest BCUT2D eigenvalue weighted by Crippen LogP contribution is -2.27. The van der Waals surface area contributed by atoms with Crippen molar-refractivity contribution < 1.29 is 0 Å². The normalized spacial score (nSPS) is 32.3. The molecule has 2 atom stereocenters. The first-order valence-electron chi connectivity index (χ1n) is 4.38. The summed E-state index contributed by atoms with van der Waals surface area (Å²) in [4.78, 5) is 4.19. The van der Waals surface area contributed by atoms with Gasteiger partial charge in [-0.25, -0.2) is 0 Å². The van der Waals surface area contributed by atoms with Crippen molar-refractivity contribution in [1.29, 1.82) is 0 Å². The molecular weight excluding hydrogens is 134 g/mol. The third-order valence-electron chi connectivity index (χ3n) is 2.86. The number of aliphatic imine (C=N–C) groups is 1. The molecule has 1 aliphatic rings. The van der Waals surface area contributed by atoms with E-state index in [1.165, 1.54) is 6.42 Å². The molecule has 0 fully saturated rings. The van der Waals surface area contributed by atoms with Gasteiger partial charge in [0.25, 0.3) is 0 Å². The highest BCUT2D eigenvalue weighted by atomic mass is 14.7. The van der Waals surface area contributed by atoms with E-state index in [1.54, 1.807) is 0 Å². The highest BCUT2D eigenvalue weighted by Gasteiger charge is 2.27. The molecule has 11 heavy (non-hydrogen) atoms. The highest BCUT2D eigenvalue weighted by Crippen LogP contribution is 2.33. The van der Waals surface area contributed by atoms with Gasteiger partial charge in [-0.1, -0.05) is 33.3 Å². The SMILES string of the molecule is CCC(C)C1(C)C=NC=CC1. The molecule has 1 aliphatic heterocycles. The van der Waals surface area contributed by atoms with Crippen LogP contribution in [0.2, 0.25) is 0 Å². The van der Waals surface area contributed by atoms with Gasteiger partial charge in [-0.3, -0.25) is 4.99 Å². The summed E-state index contributed by atoms with van der Waals surface area (Å²) in [6.07, 6.45) is 8.53. The monoisotopic (exact) mass is 151 g/mol. The first kappa shape index (κ1) is 8.51. The lowest BCUT2D eigenvalue weighted by atomic mass is 9.74. The van der Waals surface area contributed by atoms with Gasteiger partial charge in [0.05, 0.1) is 0 Å². The van der Waals surface area contributed by atoms with E-state index in [0.717, 1.165) is 12.3 Å². The Bertz CT molecular complexity index is 181. The average molecular weight is 151 g/mol. The molecule has 0 saturated heterocycles. The van der Waals surface area contributed by atoms with Crippen LogP contribution in [0.3, 0.4) is 0 Å². The van der Waals surface area contributed by atoms with E-state index in [4.69, 9.17) is 0 Å². The summed E-state index contributed by atoms with van der Waals surface area (Å²) in [6.45, 7) is 6.82. The van der Waals surface area contributed by atoms with Crippen molar-refractivity contribution in [1.82, 2.24) is 0 Å². The molecular formula is C10H17N. The van der Waals surface area contributed by atoms with Crippen LogP contribution in [0.15, 0.2) is 17.3 Å². The summed E-state index contributed by atoms with van der Waals surface area (Å²) in [7, 11) is 0. The second kappa shape index (κ2) is 3.21. The fourth-order valence-electron chi connectivity index (χ4n) is 1.43. The molecule has 0 aromatic carbocycles. The Balaban J connectivity index is 2.67. The molecule has 0 aromatic heterocycles. The van der Waals surface area contributed by atoms with Gasteiger partial charge in [-0.05, 0) is 12.3 Å². The molecule has 2 unspecified atom stereocenters. The van der Waals surface area contributed by atoms with Crippen molar-refractivity contribution in [2.75, 3.05) is 0 Å². The van der Waals surface area contributed by atoms with E-state index in [0.29, 0.717) is 5.41 Å². The molecule has 1 rings (SSSR count). The van der Waals surface area contributed by atoms with Crippen LogP contribution in [-0.4, -0.2) is 6.21 Å². The minimum absolute atomic E-state index is 0.309. The Hall–Kier alpha value is -0.590. The third kappa shape index (κ3) is 1.70. The Kier molecular flexibility index (Phi) is 2.48. The fraction of sp³-hybridized carbons (Fsp3) is 0.700. The van der Waals surface area contributed by atoms with Crippen LogP contribution in [0.5, 0.6) is 0 Å². The number of allylic oxidation sites excluding steroid dienone is 1. The largest absolute Gasteiger partial charge is 0.269 e. The quantitative estimate of drug-likeness (QED) is 0.575. The molecule has 0 saturated carbocycles. The molecule has 1 nitrogen and oxygen atoms in total. The summed E-state index contributed by atoms with van der Waals surface area (Å²) in [5, 5.41) is 0. The lowest BCUT2D eigenvalue weighted by molar-refractivity contribution is 0.304. The van der Waals surface area contributed by atoms with Crippen molar-refractivity contribution in [2.24, 2.45) is 16.3 Å². The topological polar surface area (TPSA) is 12.4 Å². The molecule has 0 aliphatic carbocycles. The molecule has 0 aromatic rings. The van der Waals surface area contributed by atoms with E-state index < -0.39 is 0 Å². The van der Waals surface area contributed by atoms with Crippen LogP contribution >= 0.6 is 0 Å². The minimum atomic E-state index is 0.309. The van der Waals surface area contributed by atoms with Crippen LogP contribution in [0.4, 0.5) is 0 Å². The predicted octanol–water partition coefficient (Wildman–Crippen LogP) is 3.03. The maximum atomic E-state index is 4.19. The molecule has 1 heterocycles. The molecule has 0 amide bonds. The molecule has 0 N–H and O–H groups in total. The predicted molar refractivity (Wildman–Crippen MR) is 49.8 cm³/mol. The van der Waals surface area contributed by atoms with Crippen LogP contribution in [-0.2, 0) is 0 Å². The number of hydrogen-bond donors (Lipinski definition) is 0. The second-order valence-corrected chi connectivity index (χ2v) is 3.68. The van der Waals surface area contributed by atoms with Crippen molar-refractivity contribution in [3.63, 3.8) is 0 Å². The standard InChI is InChI=1S/C10H17N/c1-4-9(2)10(3)6-5-7-11-8-10/h5,7-9H,4,6H2,1-3H3. The fourth-order valence-corrected chi connectivity index (χ4v) is 1.43. The Morgan fingerprint density at radius 1 is 1.64 bits per heavy atom. The van der Waals surface area contributed by atoms with E-state index in [9.17, 15) is 0 Å². The summed E-state index contributed by atoms with van der Waals surface area (Å²) in [6, 6.07) is 0. The van der Waals surface area contributed by atoms with E-state index >= 15 is 0 Å². The molecule has 62 valence electrons. The minimum Gasteiger partial charge on any atom is -0.269 e. The maximum Gasteiger partial charge on any atom is 0.0224 e. The highest BCUT2D eigenvalue weighted by molar-refractivity contribution is 5.67. The smallest absolute Gasteiger partial charge is 0.0224 e. The zero-order chi connectivity index (χ0) is 8.32. The summed E-state index contributed by atoms with van der Waals surface area (Å²) in [5.74, 6) is 0.733. The van der Waals surface area contributed by atoms with Gasteiger partial charge in [-0.2, -0.15) is 0 Å². The van der Waals surface area contributed by atoms with Gasteiger partial charge < -0.3 is 0 Å². The molecule has 0 bridgehead atoms. The van der Waals surface area contributed by atoms with Gasteiger partial charge in [0.1, 0.15) is 0 Å². The summed E-state index contributed by atoms with van der Waals surface area (Å²) >= 11 is 0. The van der Waals surface area contributed by atoms with Gasteiger partial charge in [0, 0.05) is 17.8 Å². The van der Waals surface area contributed by atoms with Crippen molar-refractivity contribution in [3.05, 3.63) is 12.3 Å². The first-order chi connectivity index (χ1) is 5.19. The first-order valence-corrected chi connectivity index (χ1v) is 4.38. The Morgan fingerprint density at radius 2 is 2.36 bits per heavy atom. The number of hydrogen-bond acceptors (Lipinski definition) is 1. The average Bonchev–Trinajstić information content (AvgIpc) is 2.04. The third-order valence-corrected chi connectivity index (χ3v) is 2.86. The zero-order valence-electron chi connectivity index (χ0n) is 7.67. The zero-order valence-corrected chi connectivity index (χ0v) is 7.67. The Morgan fingerprint density at radius 3 is 2.82 bits per heavy atom. The van der Waals surface area contributed by atoms with Crippen LogP contribution in [0.1, 0.15) is 33.6 Å². The van der Waals surface area contributed by atoms with Crippen molar-refractivity contribution in [3.8, 4) is 0 Å². The number of rotatable bonds is 2. The van der Waals surface area contributed by atoms with Gasteiger partial charge in [-0.15, -0.1) is 0 Å². The maximum absolute atomic E-state index is 4.19. The van der Waals surface area contributed by atoms with Crippen LogP contribution < -0.4 is 0 Å². The van der Waals surface area contributed by atoms with Gasteiger partial charge in [0.2, 0.25) is 0 Å². The van der Waals surface area contributed by atoms with Crippen LogP contribution in [0.25, 0.3) is 0 Å². The summed E-state index contributed by atoms with van der Waals surface area (Å²) in [5.41, 5.74) is 0.309. The second-order valence-electron chi connectivity index (χ2n) is 3.68.